The Morgan fingerprint density at radius 1 is 0.759 bits per heavy atom. The zero-order valence-electron chi connectivity index (χ0n) is 19.1. The number of aryl methyl sites for hydroxylation is 1. The summed E-state index contributed by atoms with van der Waals surface area (Å²) in [6.07, 6.45) is 15.0. The summed E-state index contributed by atoms with van der Waals surface area (Å²) in [6, 6.07) is 3.79. The molecule has 1 aromatic rings. The van der Waals surface area contributed by atoms with Gasteiger partial charge in [0.15, 0.2) is 5.79 Å². The third-order valence-electron chi connectivity index (χ3n) is 6.15. The Morgan fingerprint density at radius 2 is 1.24 bits per heavy atom. The maximum Gasteiger partial charge on any atom is 0.167 e. The van der Waals surface area contributed by atoms with Crippen molar-refractivity contribution in [1.82, 2.24) is 0 Å². The lowest BCUT2D eigenvalue weighted by molar-refractivity contribution is -0.230. The molecule has 1 rings (SSSR count). The average molecular weight is 413 g/mol. The van der Waals surface area contributed by atoms with Crippen LogP contribution in [0.4, 0.5) is 8.78 Å². The zero-order chi connectivity index (χ0) is 21.5. The Balaban J connectivity index is 2.33. The number of hydrogen-bond donors (Lipinski definition) is 0. The molecule has 0 fully saturated rings. The number of hydrogen-bond acceptors (Lipinski definition) is 2. The summed E-state index contributed by atoms with van der Waals surface area (Å²) >= 11 is 0. The molecule has 0 aliphatic rings. The van der Waals surface area contributed by atoms with Gasteiger partial charge in [0.2, 0.25) is 0 Å². The van der Waals surface area contributed by atoms with Crippen LogP contribution < -0.4 is 0 Å². The molecule has 0 aromatic heterocycles. The molecule has 0 bridgehead atoms. The first-order valence-electron chi connectivity index (χ1n) is 11.5. The van der Waals surface area contributed by atoms with Crippen LogP contribution in [0.5, 0.6) is 0 Å². The summed E-state index contributed by atoms with van der Waals surface area (Å²) in [5, 5.41) is 0. The summed E-state index contributed by atoms with van der Waals surface area (Å²) < 4.78 is 37.9. The smallest absolute Gasteiger partial charge is 0.167 e. The molecular formula is C25H42F2O2. The predicted molar refractivity (Wildman–Crippen MR) is 117 cm³/mol. The van der Waals surface area contributed by atoms with Crippen LogP contribution in [0, 0.1) is 17.6 Å². The van der Waals surface area contributed by atoms with Gasteiger partial charge in [0.05, 0.1) is 0 Å². The van der Waals surface area contributed by atoms with Gasteiger partial charge >= 0.3 is 0 Å². The first-order valence-corrected chi connectivity index (χ1v) is 11.5. The second-order valence-corrected chi connectivity index (χ2v) is 8.41. The number of ether oxygens (including phenoxy) is 2. The van der Waals surface area contributed by atoms with Gasteiger partial charge < -0.3 is 9.47 Å². The van der Waals surface area contributed by atoms with E-state index in [1.165, 1.54) is 50.7 Å². The van der Waals surface area contributed by atoms with Crippen molar-refractivity contribution in [3.63, 3.8) is 0 Å². The minimum atomic E-state index is -0.525. The molecule has 0 saturated heterocycles. The van der Waals surface area contributed by atoms with Gasteiger partial charge in [0, 0.05) is 26.2 Å². The average Bonchev–Trinajstić information content (AvgIpc) is 2.70. The number of methoxy groups -OCH3 is 2. The van der Waals surface area contributed by atoms with E-state index < -0.39 is 17.4 Å². The SMILES string of the molecule is CCCCCCCCC(CCCCCCc1cc(F)cc(F)c1)C(C)(OC)OC. The van der Waals surface area contributed by atoms with Gasteiger partial charge in [-0.15, -0.1) is 0 Å². The molecule has 1 atom stereocenters. The predicted octanol–water partition coefficient (Wildman–Crippen LogP) is 7.83. The summed E-state index contributed by atoms with van der Waals surface area (Å²) in [7, 11) is 3.46. The van der Waals surface area contributed by atoms with Gasteiger partial charge in [-0.2, -0.15) is 0 Å². The molecule has 2 nitrogen and oxygen atoms in total. The largest absolute Gasteiger partial charge is 0.353 e. The summed E-state index contributed by atoms with van der Waals surface area (Å²) in [5.41, 5.74) is 0.745. The van der Waals surface area contributed by atoms with E-state index in [0.717, 1.165) is 56.6 Å². The lowest BCUT2D eigenvalue weighted by Gasteiger charge is -2.35. The highest BCUT2D eigenvalue weighted by Crippen LogP contribution is 2.32. The lowest BCUT2D eigenvalue weighted by atomic mass is 9.87. The molecule has 1 unspecified atom stereocenters. The Morgan fingerprint density at radius 3 is 1.76 bits per heavy atom. The van der Waals surface area contributed by atoms with E-state index in [9.17, 15) is 8.78 Å². The zero-order valence-corrected chi connectivity index (χ0v) is 19.1. The molecule has 1 aromatic carbocycles. The lowest BCUT2D eigenvalue weighted by Crippen LogP contribution is -2.39. The minimum Gasteiger partial charge on any atom is -0.353 e. The van der Waals surface area contributed by atoms with E-state index >= 15 is 0 Å². The van der Waals surface area contributed by atoms with Gasteiger partial charge in [-0.05, 0) is 50.3 Å². The van der Waals surface area contributed by atoms with Crippen molar-refractivity contribution in [3.05, 3.63) is 35.4 Å². The van der Waals surface area contributed by atoms with Gasteiger partial charge in [-0.25, -0.2) is 8.78 Å². The van der Waals surface area contributed by atoms with Gasteiger partial charge in [-0.3, -0.25) is 0 Å². The highest BCUT2D eigenvalue weighted by molar-refractivity contribution is 5.17. The third kappa shape index (κ3) is 10.5. The van der Waals surface area contributed by atoms with Crippen LogP contribution in [-0.4, -0.2) is 20.0 Å². The van der Waals surface area contributed by atoms with Crippen molar-refractivity contribution in [3.8, 4) is 0 Å². The molecule has 4 heteroatoms. The van der Waals surface area contributed by atoms with Crippen molar-refractivity contribution in [2.75, 3.05) is 14.2 Å². The monoisotopic (exact) mass is 412 g/mol. The highest BCUT2D eigenvalue weighted by atomic mass is 19.1. The topological polar surface area (TPSA) is 18.5 Å². The molecule has 0 N–H and O–H groups in total. The Bertz CT molecular complexity index is 523. The van der Waals surface area contributed by atoms with Crippen molar-refractivity contribution >= 4 is 0 Å². The van der Waals surface area contributed by atoms with E-state index in [2.05, 4.69) is 6.92 Å². The number of rotatable bonds is 17. The Hall–Kier alpha value is -1.00. The van der Waals surface area contributed by atoms with Crippen molar-refractivity contribution in [1.29, 1.82) is 0 Å². The number of halogens is 2. The fraction of sp³-hybridized carbons (Fsp3) is 0.760. The molecule has 168 valence electrons. The van der Waals surface area contributed by atoms with E-state index in [1.807, 2.05) is 6.92 Å². The first-order chi connectivity index (χ1) is 13.9. The normalized spacial score (nSPS) is 13.0. The van der Waals surface area contributed by atoms with E-state index in [-0.39, 0.29) is 0 Å². The number of unbranched alkanes of at least 4 members (excludes halogenated alkanes) is 8. The fourth-order valence-electron chi connectivity index (χ4n) is 4.09. The highest BCUT2D eigenvalue weighted by Gasteiger charge is 2.33. The molecule has 29 heavy (non-hydrogen) atoms. The molecular weight excluding hydrogens is 370 g/mol. The van der Waals surface area contributed by atoms with Crippen LogP contribution >= 0.6 is 0 Å². The van der Waals surface area contributed by atoms with Gasteiger partial charge in [-0.1, -0.05) is 64.7 Å². The van der Waals surface area contributed by atoms with Crippen molar-refractivity contribution in [2.24, 2.45) is 5.92 Å². The standard InChI is InChI=1S/C25H42F2O2/c1-5-6-7-8-9-13-16-22(25(2,28-3)29-4)17-14-11-10-12-15-21-18-23(26)20-24(27)19-21/h18-20,22H,5-17H2,1-4H3. The van der Waals surface area contributed by atoms with E-state index in [4.69, 9.17) is 9.47 Å². The third-order valence-corrected chi connectivity index (χ3v) is 6.15. The molecule has 0 heterocycles. The molecule has 0 aliphatic carbocycles. The molecule has 0 saturated carbocycles. The van der Waals surface area contributed by atoms with Crippen molar-refractivity contribution in [2.45, 2.75) is 103 Å². The van der Waals surface area contributed by atoms with Crippen LogP contribution in [0.25, 0.3) is 0 Å². The molecule has 0 aliphatic heterocycles. The maximum absolute atomic E-state index is 13.3. The van der Waals surface area contributed by atoms with Crippen LogP contribution in [0.2, 0.25) is 0 Å². The second kappa shape index (κ2) is 14.9. The Labute approximate surface area is 177 Å². The van der Waals surface area contributed by atoms with E-state index in [1.54, 1.807) is 14.2 Å². The van der Waals surface area contributed by atoms with Crippen LogP contribution in [0.15, 0.2) is 18.2 Å². The maximum atomic E-state index is 13.3. The quantitative estimate of drug-likeness (QED) is 0.192. The van der Waals surface area contributed by atoms with Crippen LogP contribution in [0.1, 0.15) is 96.5 Å². The fourth-order valence-corrected chi connectivity index (χ4v) is 4.09. The molecule has 0 radical (unpaired) electrons. The summed E-state index contributed by atoms with van der Waals surface area (Å²) in [4.78, 5) is 0. The van der Waals surface area contributed by atoms with E-state index in [0.29, 0.717) is 5.92 Å². The minimum absolute atomic E-state index is 0.390. The van der Waals surface area contributed by atoms with Crippen LogP contribution in [0.3, 0.4) is 0 Å². The summed E-state index contributed by atoms with van der Waals surface area (Å²) in [6.45, 7) is 4.29. The van der Waals surface area contributed by atoms with Crippen molar-refractivity contribution < 1.29 is 18.3 Å². The number of benzene rings is 1. The van der Waals surface area contributed by atoms with Gasteiger partial charge in [0.1, 0.15) is 11.6 Å². The Kier molecular flexibility index (Phi) is 13.4. The molecule has 0 spiro atoms. The van der Waals surface area contributed by atoms with Gasteiger partial charge in [0.25, 0.3) is 0 Å². The second-order valence-electron chi connectivity index (χ2n) is 8.41. The first kappa shape index (κ1) is 26.0. The van der Waals surface area contributed by atoms with Crippen LogP contribution in [-0.2, 0) is 15.9 Å². The molecule has 0 amide bonds. The summed E-state index contributed by atoms with van der Waals surface area (Å²) in [5.74, 6) is -1.12.